The Hall–Kier alpha value is -3.56. The fraction of sp³-hybridized carbons (Fsp3) is 0.357. The highest BCUT2D eigenvalue weighted by Gasteiger charge is 2.34. The molecule has 1 aliphatic rings. The highest BCUT2D eigenvalue weighted by Crippen LogP contribution is 2.37. The smallest absolute Gasteiger partial charge is 0.273 e. The summed E-state index contributed by atoms with van der Waals surface area (Å²) in [4.78, 5) is 42.9. The van der Waals surface area contributed by atoms with Gasteiger partial charge in [-0.2, -0.15) is 0 Å². The summed E-state index contributed by atoms with van der Waals surface area (Å²) in [5, 5.41) is 13.5. The summed E-state index contributed by atoms with van der Waals surface area (Å²) in [7, 11) is 0. The van der Waals surface area contributed by atoms with E-state index in [-0.39, 0.29) is 29.7 Å². The van der Waals surface area contributed by atoms with Crippen molar-refractivity contribution in [3.05, 3.63) is 97.2 Å². The van der Waals surface area contributed by atoms with Crippen molar-refractivity contribution in [3.8, 4) is 0 Å². The SMILES string of the molecule is CCOCCCN(CC(=O)N1CCc2sccc2C1c1ccccc1)C(=O)c1ccc(C)c([N+](=O)[O-])c1. The van der Waals surface area contributed by atoms with E-state index in [4.69, 9.17) is 4.74 Å². The van der Waals surface area contributed by atoms with Crippen LogP contribution in [0.3, 0.4) is 0 Å². The number of ether oxygens (including phenoxy) is 1. The summed E-state index contributed by atoms with van der Waals surface area (Å²) in [5.74, 6) is -0.561. The van der Waals surface area contributed by atoms with Gasteiger partial charge in [0.15, 0.2) is 0 Å². The lowest BCUT2D eigenvalue weighted by Crippen LogP contribution is -2.47. The van der Waals surface area contributed by atoms with Crippen LogP contribution in [0.5, 0.6) is 0 Å². The van der Waals surface area contributed by atoms with Gasteiger partial charge in [-0.25, -0.2) is 0 Å². The highest BCUT2D eigenvalue weighted by molar-refractivity contribution is 7.10. The minimum atomic E-state index is -0.493. The van der Waals surface area contributed by atoms with Crippen LogP contribution in [0, 0.1) is 17.0 Å². The van der Waals surface area contributed by atoms with E-state index in [9.17, 15) is 19.7 Å². The Balaban J connectivity index is 1.60. The summed E-state index contributed by atoms with van der Waals surface area (Å²) < 4.78 is 5.44. The minimum Gasteiger partial charge on any atom is -0.382 e. The molecule has 194 valence electrons. The molecule has 0 spiro atoms. The number of aryl methyl sites for hydroxylation is 1. The first kappa shape index (κ1) is 26.5. The Labute approximate surface area is 220 Å². The molecule has 0 bridgehead atoms. The van der Waals surface area contributed by atoms with Crippen molar-refractivity contribution in [1.82, 2.24) is 9.80 Å². The second kappa shape index (κ2) is 12.1. The lowest BCUT2D eigenvalue weighted by Gasteiger charge is -2.37. The van der Waals surface area contributed by atoms with E-state index in [1.54, 1.807) is 30.4 Å². The molecule has 0 saturated heterocycles. The third-order valence-electron chi connectivity index (χ3n) is 6.59. The molecule has 0 N–H and O–H groups in total. The number of carbonyl (C=O) groups excluding carboxylic acids is 2. The van der Waals surface area contributed by atoms with E-state index in [1.165, 1.54) is 15.8 Å². The van der Waals surface area contributed by atoms with Crippen molar-refractivity contribution >= 4 is 28.8 Å². The molecule has 4 rings (SSSR count). The Morgan fingerprint density at radius 1 is 1.19 bits per heavy atom. The average molecular weight is 522 g/mol. The van der Waals surface area contributed by atoms with Crippen molar-refractivity contribution < 1.29 is 19.2 Å². The number of thiophene rings is 1. The Morgan fingerprint density at radius 2 is 1.97 bits per heavy atom. The third kappa shape index (κ3) is 6.06. The zero-order valence-electron chi connectivity index (χ0n) is 21.1. The van der Waals surface area contributed by atoms with Gasteiger partial charge in [-0.3, -0.25) is 19.7 Å². The van der Waals surface area contributed by atoms with Crippen molar-refractivity contribution in [2.24, 2.45) is 0 Å². The van der Waals surface area contributed by atoms with Crippen LogP contribution in [0.15, 0.2) is 60.0 Å². The first-order chi connectivity index (χ1) is 17.9. The van der Waals surface area contributed by atoms with Crippen LogP contribution < -0.4 is 0 Å². The molecule has 1 aromatic heterocycles. The molecular formula is C28H31N3O5S. The normalized spacial score (nSPS) is 14.8. The molecular weight excluding hydrogens is 490 g/mol. The molecule has 1 atom stereocenters. The number of benzene rings is 2. The van der Waals surface area contributed by atoms with Gasteiger partial charge in [0.05, 0.1) is 11.0 Å². The maximum Gasteiger partial charge on any atom is 0.273 e. The Morgan fingerprint density at radius 3 is 2.70 bits per heavy atom. The summed E-state index contributed by atoms with van der Waals surface area (Å²) in [6.07, 6.45) is 1.32. The predicted octanol–water partition coefficient (Wildman–Crippen LogP) is 5.01. The monoisotopic (exact) mass is 521 g/mol. The summed E-state index contributed by atoms with van der Waals surface area (Å²) >= 11 is 1.70. The zero-order valence-corrected chi connectivity index (χ0v) is 21.9. The van der Waals surface area contributed by atoms with E-state index >= 15 is 0 Å². The molecule has 0 aliphatic carbocycles. The standard InChI is InChI=1S/C28H31N3O5S/c1-3-36-16-7-14-29(28(33)22-11-10-20(2)24(18-22)31(34)35)19-26(32)30-15-12-25-23(13-17-37-25)27(30)21-8-5-4-6-9-21/h4-6,8-11,13,17-18,27H,3,7,12,14-16,19H2,1-2H3. The van der Waals surface area contributed by atoms with Crippen molar-refractivity contribution in [1.29, 1.82) is 0 Å². The van der Waals surface area contributed by atoms with Crippen molar-refractivity contribution in [2.45, 2.75) is 32.7 Å². The largest absolute Gasteiger partial charge is 0.382 e. The topological polar surface area (TPSA) is 93.0 Å². The van der Waals surface area contributed by atoms with Crippen LogP contribution >= 0.6 is 11.3 Å². The van der Waals surface area contributed by atoms with E-state index < -0.39 is 10.8 Å². The second-order valence-corrected chi connectivity index (χ2v) is 9.99. The summed E-state index contributed by atoms with van der Waals surface area (Å²) in [6, 6.07) is 16.2. The van der Waals surface area contributed by atoms with Crippen LogP contribution in [0.25, 0.3) is 0 Å². The summed E-state index contributed by atoms with van der Waals surface area (Å²) in [5.41, 5.74) is 2.71. The Kier molecular flexibility index (Phi) is 8.68. The van der Waals surface area contributed by atoms with Gasteiger partial charge in [0, 0.05) is 48.4 Å². The minimum absolute atomic E-state index is 0.114. The molecule has 1 unspecified atom stereocenters. The molecule has 37 heavy (non-hydrogen) atoms. The molecule has 2 amide bonds. The van der Waals surface area contributed by atoms with Gasteiger partial charge in [-0.05, 0) is 55.3 Å². The number of fused-ring (bicyclic) bond motifs is 1. The maximum atomic E-state index is 13.8. The molecule has 8 nitrogen and oxygen atoms in total. The number of hydrogen-bond donors (Lipinski definition) is 0. The third-order valence-corrected chi connectivity index (χ3v) is 7.59. The van der Waals surface area contributed by atoms with Gasteiger partial charge in [-0.1, -0.05) is 36.4 Å². The number of hydrogen-bond acceptors (Lipinski definition) is 6. The molecule has 3 aromatic rings. The second-order valence-electron chi connectivity index (χ2n) is 8.99. The van der Waals surface area contributed by atoms with Crippen LogP contribution in [0.2, 0.25) is 0 Å². The van der Waals surface area contributed by atoms with Gasteiger partial charge >= 0.3 is 0 Å². The molecule has 2 heterocycles. The molecule has 0 saturated carbocycles. The fourth-order valence-corrected chi connectivity index (χ4v) is 5.61. The quantitative estimate of drug-likeness (QED) is 0.212. The number of carbonyl (C=O) groups is 2. The van der Waals surface area contributed by atoms with Crippen molar-refractivity contribution in [2.75, 3.05) is 32.8 Å². The molecule has 9 heteroatoms. The van der Waals surface area contributed by atoms with Gasteiger partial charge in [-0.15, -0.1) is 11.3 Å². The molecule has 0 fully saturated rings. The van der Waals surface area contributed by atoms with E-state index in [0.717, 1.165) is 17.5 Å². The van der Waals surface area contributed by atoms with Crippen LogP contribution in [0.4, 0.5) is 5.69 Å². The number of rotatable bonds is 10. The number of nitrogens with zero attached hydrogens (tertiary/aromatic N) is 3. The summed E-state index contributed by atoms with van der Waals surface area (Å²) in [6.45, 7) is 5.30. The lowest BCUT2D eigenvalue weighted by molar-refractivity contribution is -0.385. The van der Waals surface area contributed by atoms with Gasteiger partial charge < -0.3 is 14.5 Å². The fourth-order valence-electron chi connectivity index (χ4n) is 4.71. The number of amides is 2. The van der Waals surface area contributed by atoms with Crippen molar-refractivity contribution in [3.63, 3.8) is 0 Å². The number of nitro groups is 1. The van der Waals surface area contributed by atoms with Gasteiger partial charge in [0.2, 0.25) is 5.91 Å². The van der Waals surface area contributed by atoms with E-state index in [0.29, 0.717) is 38.3 Å². The highest BCUT2D eigenvalue weighted by atomic mass is 32.1. The average Bonchev–Trinajstić information content (AvgIpc) is 3.39. The number of nitro benzene ring substituents is 1. The van der Waals surface area contributed by atoms with Crippen LogP contribution in [-0.2, 0) is 16.0 Å². The van der Waals surface area contributed by atoms with Crippen LogP contribution in [-0.4, -0.2) is 59.4 Å². The predicted molar refractivity (Wildman–Crippen MR) is 143 cm³/mol. The zero-order chi connectivity index (χ0) is 26.4. The van der Waals surface area contributed by atoms with Gasteiger partial charge in [0.25, 0.3) is 11.6 Å². The van der Waals surface area contributed by atoms with E-state index in [2.05, 4.69) is 11.4 Å². The lowest BCUT2D eigenvalue weighted by atomic mass is 9.93. The first-order valence-electron chi connectivity index (χ1n) is 12.4. The van der Waals surface area contributed by atoms with Gasteiger partial charge in [0.1, 0.15) is 6.54 Å². The first-order valence-corrected chi connectivity index (χ1v) is 13.3. The Bertz CT molecular complexity index is 1260. The maximum absolute atomic E-state index is 13.8. The molecule has 2 aromatic carbocycles. The molecule has 0 radical (unpaired) electrons. The molecule has 1 aliphatic heterocycles. The van der Waals surface area contributed by atoms with E-state index in [1.807, 2.05) is 42.2 Å². The van der Waals surface area contributed by atoms with Crippen LogP contribution in [0.1, 0.15) is 51.3 Å².